The van der Waals surface area contributed by atoms with Crippen molar-refractivity contribution in [2.24, 2.45) is 0 Å². The van der Waals surface area contributed by atoms with E-state index < -0.39 is 10.0 Å². The number of carbonyl (C=O) groups is 1. The fraction of sp³-hybridized carbons (Fsp3) is 0.458. The average molecular weight is 442 g/mol. The van der Waals surface area contributed by atoms with E-state index in [0.29, 0.717) is 31.0 Å². The summed E-state index contributed by atoms with van der Waals surface area (Å²) < 4.78 is 27.3. The zero-order valence-electron chi connectivity index (χ0n) is 18.3. The highest BCUT2D eigenvalue weighted by molar-refractivity contribution is 7.89. The van der Waals surface area contributed by atoms with Crippen LogP contribution in [0.25, 0.3) is 0 Å². The molecule has 1 atom stereocenters. The monoisotopic (exact) mass is 441 g/mol. The van der Waals surface area contributed by atoms with Crippen molar-refractivity contribution in [1.82, 2.24) is 9.21 Å². The number of carbonyl (C=O) groups excluding carboxylic acids is 1. The SMILES string of the molecule is CCN(CC)S(=O)(=O)c1ccc2c(c1)CCN2C(=O)C(c1ccccc1)N1CCCC1. The van der Waals surface area contributed by atoms with Crippen molar-refractivity contribution in [3.05, 3.63) is 59.7 Å². The molecule has 0 saturated carbocycles. The van der Waals surface area contributed by atoms with Gasteiger partial charge in [-0.05, 0) is 61.7 Å². The molecule has 2 aromatic carbocycles. The second kappa shape index (κ2) is 9.10. The lowest BCUT2D eigenvalue weighted by Gasteiger charge is -2.31. The van der Waals surface area contributed by atoms with Crippen molar-refractivity contribution >= 4 is 21.6 Å². The van der Waals surface area contributed by atoms with Gasteiger partial charge in [0.05, 0.1) is 4.90 Å². The molecule has 166 valence electrons. The normalized spacial score (nSPS) is 17.8. The van der Waals surface area contributed by atoms with Gasteiger partial charge in [0.1, 0.15) is 6.04 Å². The third-order valence-electron chi connectivity index (χ3n) is 6.41. The minimum Gasteiger partial charge on any atom is -0.310 e. The fourth-order valence-electron chi connectivity index (χ4n) is 4.77. The molecule has 2 aromatic rings. The number of benzene rings is 2. The molecule has 2 heterocycles. The highest BCUT2D eigenvalue weighted by Crippen LogP contribution is 2.35. The topological polar surface area (TPSA) is 60.9 Å². The maximum atomic E-state index is 13.7. The van der Waals surface area contributed by atoms with Crippen molar-refractivity contribution in [1.29, 1.82) is 0 Å². The number of sulfonamides is 1. The van der Waals surface area contributed by atoms with Gasteiger partial charge in [-0.3, -0.25) is 9.69 Å². The molecular formula is C24H31N3O3S. The van der Waals surface area contributed by atoms with Crippen molar-refractivity contribution in [2.75, 3.05) is 37.6 Å². The minimum atomic E-state index is -3.51. The van der Waals surface area contributed by atoms with Crippen LogP contribution in [0, 0.1) is 0 Å². The van der Waals surface area contributed by atoms with E-state index in [-0.39, 0.29) is 11.9 Å². The maximum Gasteiger partial charge on any atom is 0.248 e. The van der Waals surface area contributed by atoms with Gasteiger partial charge in [0.25, 0.3) is 0 Å². The molecule has 0 radical (unpaired) electrons. The lowest BCUT2D eigenvalue weighted by molar-refractivity contribution is -0.123. The Morgan fingerprint density at radius 2 is 1.68 bits per heavy atom. The molecule has 2 aliphatic heterocycles. The molecule has 2 aliphatic rings. The highest BCUT2D eigenvalue weighted by Gasteiger charge is 2.36. The molecule has 0 aromatic heterocycles. The summed E-state index contributed by atoms with van der Waals surface area (Å²) in [6, 6.07) is 14.9. The predicted octanol–water partition coefficient (Wildman–Crippen LogP) is 3.44. The molecule has 0 N–H and O–H groups in total. The van der Waals surface area contributed by atoms with Crippen molar-refractivity contribution in [3.63, 3.8) is 0 Å². The Hall–Kier alpha value is -2.22. The van der Waals surface area contributed by atoms with E-state index in [2.05, 4.69) is 4.90 Å². The van der Waals surface area contributed by atoms with Gasteiger partial charge in [-0.2, -0.15) is 4.31 Å². The average Bonchev–Trinajstić information content (AvgIpc) is 3.45. The number of anilines is 1. The fourth-order valence-corrected chi connectivity index (χ4v) is 6.28. The van der Waals surface area contributed by atoms with Gasteiger partial charge in [0.15, 0.2) is 0 Å². The van der Waals surface area contributed by atoms with Crippen LogP contribution in [-0.4, -0.2) is 56.3 Å². The van der Waals surface area contributed by atoms with Gasteiger partial charge >= 0.3 is 0 Å². The Morgan fingerprint density at radius 1 is 1.00 bits per heavy atom. The first kappa shape index (κ1) is 22.0. The van der Waals surface area contributed by atoms with Crippen LogP contribution < -0.4 is 4.90 Å². The minimum absolute atomic E-state index is 0.0752. The van der Waals surface area contributed by atoms with Crippen LogP contribution in [0.3, 0.4) is 0 Å². The Labute approximate surface area is 185 Å². The third-order valence-corrected chi connectivity index (χ3v) is 8.46. The summed E-state index contributed by atoms with van der Waals surface area (Å²) in [5, 5.41) is 0. The van der Waals surface area contributed by atoms with Crippen LogP contribution >= 0.6 is 0 Å². The molecule has 0 spiro atoms. The smallest absolute Gasteiger partial charge is 0.248 e. The summed E-state index contributed by atoms with van der Waals surface area (Å²) in [5.41, 5.74) is 2.78. The third kappa shape index (κ3) is 4.14. The number of rotatable bonds is 7. The quantitative estimate of drug-likeness (QED) is 0.660. The van der Waals surface area contributed by atoms with Gasteiger partial charge in [-0.25, -0.2) is 8.42 Å². The molecule has 31 heavy (non-hydrogen) atoms. The lowest BCUT2D eigenvalue weighted by Crippen LogP contribution is -2.41. The molecule has 4 rings (SSSR count). The largest absolute Gasteiger partial charge is 0.310 e. The first-order valence-corrected chi connectivity index (χ1v) is 12.6. The molecule has 1 saturated heterocycles. The summed E-state index contributed by atoms with van der Waals surface area (Å²) in [4.78, 5) is 18.2. The zero-order chi connectivity index (χ0) is 22.0. The van der Waals surface area contributed by atoms with E-state index in [4.69, 9.17) is 0 Å². The molecule has 0 bridgehead atoms. The van der Waals surface area contributed by atoms with E-state index in [1.54, 1.807) is 12.1 Å². The molecule has 7 heteroatoms. The van der Waals surface area contributed by atoms with E-state index in [1.807, 2.05) is 55.1 Å². The number of likely N-dealkylation sites (tertiary alicyclic amines) is 1. The summed E-state index contributed by atoms with van der Waals surface area (Å²) in [5.74, 6) is 0.0752. The van der Waals surface area contributed by atoms with Crippen molar-refractivity contribution in [3.8, 4) is 0 Å². The molecule has 1 fully saturated rings. The van der Waals surface area contributed by atoms with E-state index in [0.717, 1.165) is 42.7 Å². The standard InChI is InChI=1S/C24H31N3O3S/c1-3-26(4-2)31(29,30)21-12-13-22-20(18-21)14-17-27(22)24(28)23(25-15-8-9-16-25)19-10-6-5-7-11-19/h5-7,10-13,18,23H,3-4,8-9,14-17H2,1-2H3. The zero-order valence-corrected chi connectivity index (χ0v) is 19.1. The molecule has 1 unspecified atom stereocenters. The Balaban J connectivity index is 1.65. The maximum absolute atomic E-state index is 13.7. The van der Waals surface area contributed by atoms with Crippen LogP contribution in [0.4, 0.5) is 5.69 Å². The van der Waals surface area contributed by atoms with Crippen LogP contribution in [0.15, 0.2) is 53.4 Å². The summed E-state index contributed by atoms with van der Waals surface area (Å²) in [6.07, 6.45) is 2.89. The number of hydrogen-bond acceptors (Lipinski definition) is 4. The van der Waals surface area contributed by atoms with Crippen molar-refractivity contribution in [2.45, 2.75) is 44.0 Å². The molecule has 6 nitrogen and oxygen atoms in total. The van der Waals surface area contributed by atoms with Crippen molar-refractivity contribution < 1.29 is 13.2 Å². The Morgan fingerprint density at radius 3 is 2.32 bits per heavy atom. The van der Waals surface area contributed by atoms with Crippen LogP contribution in [0.2, 0.25) is 0 Å². The first-order valence-electron chi connectivity index (χ1n) is 11.2. The van der Waals surface area contributed by atoms with Gasteiger partial charge in [0.2, 0.25) is 15.9 Å². The second-order valence-electron chi connectivity index (χ2n) is 8.18. The van der Waals surface area contributed by atoms with E-state index in [1.165, 1.54) is 4.31 Å². The van der Waals surface area contributed by atoms with E-state index in [9.17, 15) is 13.2 Å². The Bertz CT molecular complexity index is 1030. The second-order valence-corrected chi connectivity index (χ2v) is 10.1. The number of fused-ring (bicyclic) bond motifs is 1. The van der Waals surface area contributed by atoms with Crippen LogP contribution in [-0.2, 0) is 21.2 Å². The summed E-state index contributed by atoms with van der Waals surface area (Å²) in [6.45, 7) is 7.00. The van der Waals surface area contributed by atoms with E-state index >= 15 is 0 Å². The Kier molecular flexibility index (Phi) is 6.46. The number of nitrogens with zero attached hydrogens (tertiary/aromatic N) is 3. The highest BCUT2D eigenvalue weighted by atomic mass is 32.2. The number of amides is 1. The van der Waals surface area contributed by atoms with Crippen LogP contribution in [0.1, 0.15) is 43.9 Å². The van der Waals surface area contributed by atoms with Gasteiger partial charge < -0.3 is 4.90 Å². The predicted molar refractivity (Wildman–Crippen MR) is 123 cm³/mol. The summed E-state index contributed by atoms with van der Waals surface area (Å²) in [7, 11) is -3.51. The van der Waals surface area contributed by atoms with Gasteiger partial charge in [-0.1, -0.05) is 44.2 Å². The van der Waals surface area contributed by atoms with Gasteiger partial charge in [0, 0.05) is 25.3 Å². The first-order chi connectivity index (χ1) is 15.0. The molecular weight excluding hydrogens is 410 g/mol. The van der Waals surface area contributed by atoms with Crippen LogP contribution in [0.5, 0.6) is 0 Å². The molecule has 0 aliphatic carbocycles. The summed E-state index contributed by atoms with van der Waals surface area (Å²) >= 11 is 0. The molecule has 1 amide bonds. The number of hydrogen-bond donors (Lipinski definition) is 0. The lowest BCUT2D eigenvalue weighted by atomic mass is 10.0. The van der Waals surface area contributed by atoms with Gasteiger partial charge in [-0.15, -0.1) is 0 Å².